The molecule has 1 N–H and O–H groups in total. The van der Waals surface area contributed by atoms with E-state index in [1.165, 1.54) is 18.2 Å². The highest BCUT2D eigenvalue weighted by atomic mass is 19.1. The Labute approximate surface area is 193 Å². The van der Waals surface area contributed by atoms with Gasteiger partial charge in [0.25, 0.3) is 5.91 Å². The Morgan fingerprint density at radius 2 is 1.82 bits per heavy atom. The summed E-state index contributed by atoms with van der Waals surface area (Å²) in [5, 5.41) is 2.78. The fraction of sp³-hybridized carbons (Fsp3) is 0.259. The van der Waals surface area contributed by atoms with E-state index < -0.39 is 11.2 Å². The van der Waals surface area contributed by atoms with Crippen molar-refractivity contribution in [2.24, 2.45) is 5.41 Å². The monoisotopic (exact) mass is 446 g/mol. The second kappa shape index (κ2) is 9.45. The molecule has 4 rings (SSSR count). The number of nitrogens with one attached hydrogen (secondary N) is 1. The van der Waals surface area contributed by atoms with Crippen LogP contribution in [0.4, 0.5) is 4.39 Å². The molecule has 33 heavy (non-hydrogen) atoms. The molecule has 0 aliphatic carbocycles. The molecule has 0 spiro atoms. The van der Waals surface area contributed by atoms with Crippen LogP contribution in [0.3, 0.4) is 0 Å². The Bertz CT molecular complexity index is 1160. The van der Waals surface area contributed by atoms with Gasteiger partial charge in [0.15, 0.2) is 0 Å². The van der Waals surface area contributed by atoms with Crippen LogP contribution in [0.25, 0.3) is 11.1 Å². The number of likely N-dealkylation sites (tertiary alicyclic amines) is 1. The number of hydrogen-bond acceptors (Lipinski definition) is 3. The van der Waals surface area contributed by atoms with Gasteiger partial charge in [-0.15, -0.1) is 0 Å². The molecule has 6 heteroatoms. The van der Waals surface area contributed by atoms with Crippen molar-refractivity contribution >= 4 is 11.8 Å². The van der Waals surface area contributed by atoms with E-state index in [-0.39, 0.29) is 18.4 Å². The fourth-order valence-electron chi connectivity index (χ4n) is 4.60. The van der Waals surface area contributed by atoms with Crippen LogP contribution in [-0.2, 0) is 11.2 Å². The molecule has 0 aromatic heterocycles. The second-order valence-electron chi connectivity index (χ2n) is 8.42. The lowest BCUT2D eigenvalue weighted by molar-refractivity contribution is -0.129. The van der Waals surface area contributed by atoms with Gasteiger partial charge in [0, 0.05) is 31.3 Å². The summed E-state index contributed by atoms with van der Waals surface area (Å²) in [4.78, 5) is 27.5. The quantitative estimate of drug-likeness (QED) is 0.614. The van der Waals surface area contributed by atoms with Crippen molar-refractivity contribution in [2.75, 3.05) is 27.2 Å². The van der Waals surface area contributed by atoms with E-state index in [9.17, 15) is 14.0 Å². The first-order valence-corrected chi connectivity index (χ1v) is 10.9. The van der Waals surface area contributed by atoms with Crippen molar-refractivity contribution in [1.82, 2.24) is 10.2 Å². The summed E-state index contributed by atoms with van der Waals surface area (Å²) in [5.41, 5.74) is 2.60. The molecule has 170 valence electrons. The Morgan fingerprint density at radius 3 is 2.52 bits per heavy atom. The van der Waals surface area contributed by atoms with E-state index in [4.69, 9.17) is 4.74 Å². The molecule has 1 aliphatic heterocycles. The van der Waals surface area contributed by atoms with Crippen molar-refractivity contribution < 1.29 is 18.7 Å². The van der Waals surface area contributed by atoms with E-state index in [2.05, 4.69) is 5.32 Å². The Balaban J connectivity index is 1.55. The number of carbonyl (C=O) groups is 2. The number of halogens is 1. The number of ether oxygens (including phenoxy) is 1. The third-order valence-electron chi connectivity index (χ3n) is 6.34. The summed E-state index contributed by atoms with van der Waals surface area (Å²) in [5.74, 6) is -0.000212. The van der Waals surface area contributed by atoms with E-state index in [0.29, 0.717) is 24.9 Å². The molecule has 1 atom stereocenters. The first-order chi connectivity index (χ1) is 16.0. The minimum absolute atomic E-state index is 0.0918. The molecule has 0 bridgehead atoms. The molecule has 0 saturated carbocycles. The van der Waals surface area contributed by atoms with Gasteiger partial charge in [-0.25, -0.2) is 4.39 Å². The van der Waals surface area contributed by atoms with Gasteiger partial charge in [-0.2, -0.15) is 0 Å². The summed E-state index contributed by atoms with van der Waals surface area (Å²) in [7, 11) is 3.27. The summed E-state index contributed by atoms with van der Waals surface area (Å²) >= 11 is 0. The summed E-state index contributed by atoms with van der Waals surface area (Å²) in [6, 6.07) is 21.6. The predicted octanol–water partition coefficient (Wildman–Crippen LogP) is 4.32. The molecular weight excluding hydrogens is 419 g/mol. The highest BCUT2D eigenvalue weighted by Gasteiger charge is 2.45. The van der Waals surface area contributed by atoms with Crippen LogP contribution in [0.5, 0.6) is 5.75 Å². The molecule has 5 nitrogen and oxygen atoms in total. The van der Waals surface area contributed by atoms with Crippen LogP contribution in [0, 0.1) is 11.2 Å². The maximum Gasteiger partial charge on any atom is 0.253 e. The smallest absolute Gasteiger partial charge is 0.253 e. The van der Waals surface area contributed by atoms with Gasteiger partial charge >= 0.3 is 0 Å². The number of benzene rings is 3. The van der Waals surface area contributed by atoms with E-state index in [1.807, 2.05) is 48.5 Å². The molecule has 2 amide bonds. The highest BCUT2D eigenvalue weighted by molar-refractivity contribution is 5.95. The zero-order valence-corrected chi connectivity index (χ0v) is 18.8. The van der Waals surface area contributed by atoms with E-state index in [0.717, 1.165) is 22.4 Å². The Morgan fingerprint density at radius 1 is 1.06 bits per heavy atom. The largest absolute Gasteiger partial charge is 0.496 e. The van der Waals surface area contributed by atoms with Crippen molar-refractivity contribution in [1.29, 1.82) is 0 Å². The van der Waals surface area contributed by atoms with E-state index in [1.54, 1.807) is 25.1 Å². The van der Waals surface area contributed by atoms with Gasteiger partial charge in [0.2, 0.25) is 5.91 Å². The zero-order chi connectivity index (χ0) is 23.4. The fourth-order valence-corrected chi connectivity index (χ4v) is 4.60. The van der Waals surface area contributed by atoms with Crippen molar-refractivity contribution in [3.63, 3.8) is 0 Å². The zero-order valence-electron chi connectivity index (χ0n) is 18.8. The van der Waals surface area contributed by atoms with Gasteiger partial charge in [0.1, 0.15) is 11.6 Å². The van der Waals surface area contributed by atoms with Crippen molar-refractivity contribution in [2.45, 2.75) is 12.8 Å². The van der Waals surface area contributed by atoms with Gasteiger partial charge in [-0.3, -0.25) is 9.59 Å². The second-order valence-corrected chi connectivity index (χ2v) is 8.42. The topological polar surface area (TPSA) is 58.6 Å². The normalized spacial score (nSPS) is 17.6. The maximum atomic E-state index is 13.6. The number of amides is 2. The predicted molar refractivity (Wildman–Crippen MR) is 126 cm³/mol. The SMILES string of the molecule is CNC(=O)[C@]1(Cc2ccc(-c3ccccc3OC)cc2)CCN(C(=O)c2cccc(F)c2)C1. The molecule has 3 aromatic carbocycles. The van der Waals surface area contributed by atoms with Gasteiger partial charge in [-0.05, 0) is 48.2 Å². The summed E-state index contributed by atoms with van der Waals surface area (Å²) in [6.07, 6.45) is 1.05. The van der Waals surface area contributed by atoms with Crippen LogP contribution in [0.1, 0.15) is 22.3 Å². The molecule has 1 aliphatic rings. The average molecular weight is 447 g/mol. The molecule has 0 unspecified atom stereocenters. The standard InChI is InChI=1S/C27H27FN2O3/c1-29-26(32)27(14-15-30(18-27)25(31)21-6-5-7-22(28)16-21)17-19-10-12-20(13-11-19)23-8-3-4-9-24(23)33-2/h3-13,16H,14-15,17-18H2,1-2H3,(H,29,32)/t27-/m0/s1. The van der Waals surface area contributed by atoms with Gasteiger partial charge in [-0.1, -0.05) is 48.5 Å². The Kier molecular flexibility index (Phi) is 6.45. The molecule has 1 saturated heterocycles. The van der Waals surface area contributed by atoms with Crippen LogP contribution in [0.2, 0.25) is 0 Å². The maximum absolute atomic E-state index is 13.6. The third-order valence-corrected chi connectivity index (χ3v) is 6.34. The molecule has 1 fully saturated rings. The molecular formula is C27H27FN2O3. The number of carbonyl (C=O) groups excluding carboxylic acids is 2. The number of para-hydroxylation sites is 1. The number of rotatable bonds is 6. The molecule has 0 radical (unpaired) electrons. The van der Waals surface area contributed by atoms with E-state index >= 15 is 0 Å². The minimum Gasteiger partial charge on any atom is -0.496 e. The summed E-state index contributed by atoms with van der Waals surface area (Å²) < 4.78 is 19.1. The van der Waals surface area contributed by atoms with Gasteiger partial charge < -0.3 is 15.0 Å². The lowest BCUT2D eigenvalue weighted by Crippen LogP contribution is -2.44. The van der Waals surface area contributed by atoms with Crippen molar-refractivity contribution in [3.05, 3.63) is 89.7 Å². The van der Waals surface area contributed by atoms with Crippen LogP contribution in [0.15, 0.2) is 72.8 Å². The molecule has 1 heterocycles. The lowest BCUT2D eigenvalue weighted by Gasteiger charge is -2.28. The first-order valence-electron chi connectivity index (χ1n) is 10.9. The summed E-state index contributed by atoms with van der Waals surface area (Å²) in [6.45, 7) is 0.734. The minimum atomic E-state index is -0.732. The molecule has 3 aromatic rings. The highest BCUT2D eigenvalue weighted by Crippen LogP contribution is 2.36. The Hall–Kier alpha value is -3.67. The van der Waals surface area contributed by atoms with Crippen molar-refractivity contribution in [3.8, 4) is 16.9 Å². The number of nitrogens with zero attached hydrogens (tertiary/aromatic N) is 1. The van der Waals surface area contributed by atoms with Crippen LogP contribution < -0.4 is 10.1 Å². The number of hydrogen-bond donors (Lipinski definition) is 1. The number of methoxy groups -OCH3 is 1. The third kappa shape index (κ3) is 4.60. The average Bonchev–Trinajstić information content (AvgIpc) is 3.28. The van der Waals surface area contributed by atoms with Gasteiger partial charge in [0.05, 0.1) is 12.5 Å². The van der Waals surface area contributed by atoms with Crippen LogP contribution in [-0.4, -0.2) is 44.0 Å². The first kappa shape index (κ1) is 22.5. The lowest BCUT2D eigenvalue weighted by atomic mass is 9.79. The van der Waals surface area contributed by atoms with Crippen LogP contribution >= 0.6 is 0 Å².